The molecule has 9 nitrogen and oxygen atoms in total. The minimum atomic E-state index is -4.99. The maximum atomic E-state index is 13.6. The summed E-state index contributed by atoms with van der Waals surface area (Å²) in [5.41, 5.74) is 4.01. The summed E-state index contributed by atoms with van der Waals surface area (Å²) in [6, 6.07) is 8.65. The van der Waals surface area contributed by atoms with Gasteiger partial charge in [0.2, 0.25) is 11.9 Å². The molecule has 43 heavy (non-hydrogen) atoms. The van der Waals surface area contributed by atoms with Crippen LogP contribution in [-0.4, -0.2) is 65.9 Å². The standard InChI is InChI=1S/C30H31ClF3N7O2/c1-5-26(42)36-22-14-23(25(43-30(32,33)34)15-24(22)40(4)13-12-39(2)3)37-29-35-16-21(31)27(38-29)20-17-41-11-7-9-18-8-6-10-19(20)28(18)41/h5-6,8,10,14-17H,1,7,9,11-13H2,2-4H3,(H,36,42)(H,35,37,38). The van der Waals surface area contributed by atoms with Crippen molar-refractivity contribution in [2.45, 2.75) is 25.7 Å². The number of hydrogen-bond acceptors (Lipinski definition) is 7. The minimum absolute atomic E-state index is 0.00643. The maximum Gasteiger partial charge on any atom is 0.573 e. The summed E-state index contributed by atoms with van der Waals surface area (Å²) >= 11 is 6.57. The number of anilines is 4. The Hall–Kier alpha value is -4.29. The number of para-hydroxylation sites is 1. The van der Waals surface area contributed by atoms with Gasteiger partial charge in [-0.05, 0) is 44.6 Å². The van der Waals surface area contributed by atoms with Gasteiger partial charge in [0.15, 0.2) is 5.75 Å². The van der Waals surface area contributed by atoms with Crippen LogP contribution in [-0.2, 0) is 17.8 Å². The maximum absolute atomic E-state index is 13.6. The number of rotatable bonds is 10. The van der Waals surface area contributed by atoms with E-state index in [1.165, 1.54) is 23.9 Å². The second-order valence-corrected chi connectivity index (χ2v) is 10.9. The first-order chi connectivity index (χ1) is 20.4. The lowest BCUT2D eigenvalue weighted by Crippen LogP contribution is -2.29. The first-order valence-corrected chi connectivity index (χ1v) is 13.9. The zero-order chi connectivity index (χ0) is 30.9. The molecule has 3 heterocycles. The summed E-state index contributed by atoms with van der Waals surface area (Å²) in [7, 11) is 5.47. The molecule has 226 valence electrons. The van der Waals surface area contributed by atoms with Crippen molar-refractivity contribution < 1.29 is 22.7 Å². The van der Waals surface area contributed by atoms with Crippen LogP contribution in [0.5, 0.6) is 5.75 Å². The van der Waals surface area contributed by atoms with Crippen LogP contribution in [0.25, 0.3) is 22.2 Å². The van der Waals surface area contributed by atoms with Crippen LogP contribution in [0.2, 0.25) is 5.02 Å². The van der Waals surface area contributed by atoms with Crippen LogP contribution in [0, 0.1) is 0 Å². The molecule has 0 atom stereocenters. The van der Waals surface area contributed by atoms with Crippen molar-refractivity contribution in [2.75, 3.05) is 49.8 Å². The van der Waals surface area contributed by atoms with Gasteiger partial charge in [-0.2, -0.15) is 0 Å². The number of nitrogens with one attached hydrogen (secondary N) is 2. The van der Waals surface area contributed by atoms with Crippen molar-refractivity contribution in [3.8, 4) is 17.0 Å². The average Bonchev–Trinajstić information content (AvgIpc) is 3.33. The number of alkyl halides is 3. The number of likely N-dealkylation sites (N-methyl/N-ethyl adjacent to an activating group) is 2. The minimum Gasteiger partial charge on any atom is -0.403 e. The number of carbonyl (C=O) groups is 1. The Balaban J connectivity index is 1.58. The first kappa shape index (κ1) is 30.2. The van der Waals surface area contributed by atoms with Crippen LogP contribution in [0.4, 0.5) is 36.2 Å². The third-order valence-corrected chi connectivity index (χ3v) is 7.41. The molecule has 1 amide bonds. The third kappa shape index (κ3) is 6.70. The molecule has 4 aromatic rings. The predicted molar refractivity (Wildman–Crippen MR) is 163 cm³/mol. The summed E-state index contributed by atoms with van der Waals surface area (Å²) in [5, 5.41) is 6.80. The Labute approximate surface area is 251 Å². The Morgan fingerprint density at radius 3 is 2.72 bits per heavy atom. The topological polar surface area (TPSA) is 87.5 Å². The number of nitrogens with zero attached hydrogens (tertiary/aromatic N) is 5. The average molecular weight is 614 g/mol. The number of halogens is 4. The van der Waals surface area contributed by atoms with Crippen molar-refractivity contribution in [1.29, 1.82) is 0 Å². The van der Waals surface area contributed by atoms with Crippen molar-refractivity contribution in [3.05, 3.63) is 66.0 Å². The van der Waals surface area contributed by atoms with Gasteiger partial charge < -0.3 is 29.7 Å². The van der Waals surface area contributed by atoms with Gasteiger partial charge in [-0.1, -0.05) is 36.4 Å². The normalized spacial score (nSPS) is 12.8. The van der Waals surface area contributed by atoms with Crippen molar-refractivity contribution in [2.24, 2.45) is 0 Å². The molecule has 0 unspecified atom stereocenters. The van der Waals surface area contributed by atoms with Crippen molar-refractivity contribution >= 4 is 51.4 Å². The molecule has 2 N–H and O–H groups in total. The highest BCUT2D eigenvalue weighted by molar-refractivity contribution is 6.33. The fourth-order valence-corrected chi connectivity index (χ4v) is 5.32. The highest BCUT2D eigenvalue weighted by Crippen LogP contribution is 2.41. The van der Waals surface area contributed by atoms with Crippen LogP contribution in [0.1, 0.15) is 12.0 Å². The summed E-state index contributed by atoms with van der Waals surface area (Å²) < 4.78 is 47.3. The quantitative estimate of drug-likeness (QED) is 0.198. The lowest BCUT2D eigenvalue weighted by molar-refractivity contribution is -0.274. The SMILES string of the molecule is C=CC(=O)Nc1cc(Nc2ncc(Cl)c(-c3cn4c5c(cccc35)CCC4)n2)c(OC(F)(F)F)cc1N(C)CCN(C)C. The number of hydrogen-bond donors (Lipinski definition) is 2. The molecule has 0 bridgehead atoms. The summed E-state index contributed by atoms with van der Waals surface area (Å²) in [6.45, 7) is 5.40. The van der Waals surface area contributed by atoms with Crippen LogP contribution >= 0.6 is 11.6 Å². The van der Waals surface area contributed by atoms with E-state index in [0.717, 1.165) is 41.9 Å². The van der Waals surface area contributed by atoms with Crippen LogP contribution < -0.4 is 20.3 Å². The number of amides is 1. The van der Waals surface area contributed by atoms with E-state index < -0.39 is 18.0 Å². The Kier molecular flexibility index (Phi) is 8.52. The molecule has 0 aliphatic carbocycles. The molecule has 1 aliphatic rings. The molecule has 0 radical (unpaired) electrons. The van der Waals surface area contributed by atoms with Crippen molar-refractivity contribution in [3.63, 3.8) is 0 Å². The zero-order valence-corrected chi connectivity index (χ0v) is 24.7. The lowest BCUT2D eigenvalue weighted by atomic mass is 10.0. The zero-order valence-electron chi connectivity index (χ0n) is 23.9. The second-order valence-electron chi connectivity index (χ2n) is 10.5. The Morgan fingerprint density at radius 1 is 1.21 bits per heavy atom. The third-order valence-electron chi connectivity index (χ3n) is 7.13. The molecule has 2 aromatic carbocycles. The largest absolute Gasteiger partial charge is 0.573 e. The number of ether oxygens (including phenoxy) is 1. The smallest absolute Gasteiger partial charge is 0.403 e. The molecule has 0 saturated carbocycles. The van der Waals surface area contributed by atoms with Gasteiger partial charge in [-0.15, -0.1) is 13.2 Å². The van der Waals surface area contributed by atoms with E-state index in [4.69, 9.17) is 11.6 Å². The lowest BCUT2D eigenvalue weighted by Gasteiger charge is -2.26. The number of carbonyl (C=O) groups excluding carboxylic acids is 1. The van der Waals surface area contributed by atoms with Gasteiger partial charge in [0.1, 0.15) is 0 Å². The highest BCUT2D eigenvalue weighted by atomic mass is 35.5. The van der Waals surface area contributed by atoms with E-state index >= 15 is 0 Å². The van der Waals surface area contributed by atoms with Gasteiger partial charge in [-0.3, -0.25) is 4.79 Å². The molecule has 2 aromatic heterocycles. The fraction of sp³-hybridized carbons (Fsp3) is 0.300. The molecule has 0 saturated heterocycles. The van der Waals surface area contributed by atoms with E-state index in [0.29, 0.717) is 24.5 Å². The monoisotopic (exact) mass is 613 g/mol. The van der Waals surface area contributed by atoms with E-state index in [1.54, 1.807) is 11.9 Å². The van der Waals surface area contributed by atoms with E-state index in [9.17, 15) is 18.0 Å². The van der Waals surface area contributed by atoms with Crippen molar-refractivity contribution in [1.82, 2.24) is 19.4 Å². The molecular weight excluding hydrogens is 583 g/mol. The summed E-state index contributed by atoms with van der Waals surface area (Å²) in [6.07, 6.45) is 1.46. The molecule has 1 aliphatic heterocycles. The van der Waals surface area contributed by atoms with Gasteiger partial charge in [-0.25, -0.2) is 9.97 Å². The number of benzene rings is 2. The summed E-state index contributed by atoms with van der Waals surface area (Å²) in [4.78, 5) is 24.8. The van der Waals surface area contributed by atoms with Crippen LogP contribution in [0.15, 0.2) is 55.4 Å². The molecular formula is C30H31ClF3N7O2. The Bertz CT molecular complexity index is 1690. The first-order valence-electron chi connectivity index (χ1n) is 13.6. The fourth-order valence-electron chi connectivity index (χ4n) is 5.13. The van der Waals surface area contributed by atoms with Gasteiger partial charge in [0.05, 0.1) is 39.5 Å². The second kappa shape index (κ2) is 12.1. The molecule has 5 rings (SSSR count). The Morgan fingerprint density at radius 2 is 2.00 bits per heavy atom. The van der Waals surface area contributed by atoms with Gasteiger partial charge in [0.25, 0.3) is 0 Å². The van der Waals surface area contributed by atoms with Gasteiger partial charge in [0, 0.05) is 49.9 Å². The van der Waals surface area contributed by atoms with E-state index in [-0.39, 0.29) is 22.3 Å². The number of aryl methyl sites for hydroxylation is 2. The molecule has 13 heteroatoms. The van der Waals surface area contributed by atoms with Gasteiger partial charge >= 0.3 is 6.36 Å². The van der Waals surface area contributed by atoms with E-state index in [1.807, 2.05) is 37.3 Å². The molecule has 0 fully saturated rings. The van der Waals surface area contributed by atoms with Crippen LogP contribution in [0.3, 0.4) is 0 Å². The summed E-state index contributed by atoms with van der Waals surface area (Å²) in [5.74, 6) is -1.06. The predicted octanol–water partition coefficient (Wildman–Crippen LogP) is 6.46. The molecule has 0 spiro atoms. The number of aromatic nitrogens is 3. The van der Waals surface area contributed by atoms with E-state index in [2.05, 4.69) is 42.6 Å². The highest BCUT2D eigenvalue weighted by Gasteiger charge is 2.33.